The number of hydrogen-bond donors (Lipinski definition) is 2. The van der Waals surface area contributed by atoms with Crippen LogP contribution in [0, 0.1) is 0 Å². The molecule has 0 saturated carbocycles. The summed E-state index contributed by atoms with van der Waals surface area (Å²) in [5.74, 6) is 2.08. The van der Waals surface area contributed by atoms with E-state index >= 15 is 0 Å². The maximum Gasteiger partial charge on any atom is 0.123 e. The number of aromatic nitrogens is 4. The largest absolute Gasteiger partial charge is 0.341 e. The molecule has 6 heteroatoms. The monoisotopic (exact) mass is 454 g/mol. The van der Waals surface area contributed by atoms with Crippen LogP contribution in [0.25, 0.3) is 33.6 Å². The first-order valence-corrected chi connectivity index (χ1v) is 12.3. The van der Waals surface area contributed by atoms with Gasteiger partial charge in [0.15, 0.2) is 0 Å². The van der Waals surface area contributed by atoms with Gasteiger partial charge in [-0.1, -0.05) is 55.5 Å². The predicted octanol–water partition coefficient (Wildman–Crippen LogP) is 5.74. The van der Waals surface area contributed by atoms with Gasteiger partial charge in [-0.25, -0.2) is 9.97 Å². The number of H-pyrrole nitrogens is 2. The van der Waals surface area contributed by atoms with E-state index in [-0.39, 0.29) is 0 Å². The summed E-state index contributed by atoms with van der Waals surface area (Å²) in [4.78, 5) is 20.9. The number of benzene rings is 2. The number of hydrogen-bond acceptors (Lipinski definition) is 4. The van der Waals surface area contributed by atoms with Crippen LogP contribution in [0.4, 0.5) is 0 Å². The van der Waals surface area contributed by atoms with Crippen molar-refractivity contribution in [1.29, 1.82) is 0 Å². The molecular weight excluding hydrogens is 420 g/mol. The lowest BCUT2D eigenvalue weighted by molar-refractivity contribution is 0.307. The van der Waals surface area contributed by atoms with Gasteiger partial charge in [0, 0.05) is 0 Å². The van der Waals surface area contributed by atoms with Crippen LogP contribution in [0.1, 0.15) is 43.9 Å². The van der Waals surface area contributed by atoms with Crippen molar-refractivity contribution in [2.45, 2.75) is 38.8 Å². The van der Waals surface area contributed by atoms with Gasteiger partial charge in [0.1, 0.15) is 11.6 Å². The molecule has 2 N–H and O–H groups in total. The van der Waals surface area contributed by atoms with E-state index in [2.05, 4.69) is 99.3 Å². The zero-order chi connectivity index (χ0) is 23.5. The summed E-state index contributed by atoms with van der Waals surface area (Å²) in [7, 11) is 4.31. The van der Waals surface area contributed by atoms with Gasteiger partial charge in [-0.05, 0) is 68.7 Å². The van der Waals surface area contributed by atoms with E-state index in [0.29, 0.717) is 6.04 Å². The van der Waals surface area contributed by atoms with E-state index in [1.54, 1.807) is 0 Å². The van der Waals surface area contributed by atoms with E-state index in [9.17, 15) is 0 Å². The molecule has 0 spiro atoms. The minimum absolute atomic E-state index is 0.412. The van der Waals surface area contributed by atoms with Crippen molar-refractivity contribution in [3.05, 3.63) is 72.6 Å². The second-order valence-corrected chi connectivity index (χ2v) is 9.46. The molecule has 1 aliphatic heterocycles. The Morgan fingerprint density at radius 1 is 0.882 bits per heavy atom. The van der Waals surface area contributed by atoms with Crippen molar-refractivity contribution in [1.82, 2.24) is 29.7 Å². The molecule has 0 unspecified atom stereocenters. The van der Waals surface area contributed by atoms with Gasteiger partial charge < -0.3 is 9.97 Å². The van der Waals surface area contributed by atoms with Gasteiger partial charge in [0.2, 0.25) is 0 Å². The van der Waals surface area contributed by atoms with Crippen LogP contribution in [0.15, 0.2) is 60.9 Å². The lowest BCUT2D eigenvalue weighted by atomic mass is 10.0. The summed E-state index contributed by atoms with van der Waals surface area (Å²) in [5, 5.41) is 0. The molecule has 5 rings (SSSR count). The SMILES string of the molecule is CCCN(C)Cc1ncc(-c2ccc(-c3ccc(-c4cnc([C@@H]5CCCN5C)[nH]4)cc3)cc2)[nH]1. The third-order valence-corrected chi connectivity index (χ3v) is 6.81. The Labute approximate surface area is 202 Å². The van der Waals surface area contributed by atoms with E-state index in [1.807, 2.05) is 12.4 Å². The second-order valence-electron chi connectivity index (χ2n) is 9.46. The van der Waals surface area contributed by atoms with Gasteiger partial charge in [0.05, 0.1) is 36.4 Å². The van der Waals surface area contributed by atoms with Crippen LogP contribution in [0.2, 0.25) is 0 Å². The fraction of sp³-hybridized carbons (Fsp3) is 0.357. The highest BCUT2D eigenvalue weighted by Gasteiger charge is 2.25. The average Bonchev–Trinajstić information content (AvgIpc) is 3.61. The molecule has 2 aromatic carbocycles. The molecular formula is C28H34N6. The Bertz CT molecular complexity index is 1200. The van der Waals surface area contributed by atoms with Crippen molar-refractivity contribution in [2.75, 3.05) is 27.2 Å². The minimum atomic E-state index is 0.412. The summed E-state index contributed by atoms with van der Waals surface area (Å²) >= 11 is 0. The molecule has 176 valence electrons. The number of nitrogens with zero attached hydrogens (tertiary/aromatic N) is 4. The Balaban J connectivity index is 1.26. The Morgan fingerprint density at radius 2 is 1.47 bits per heavy atom. The van der Waals surface area contributed by atoms with Crippen LogP contribution in [0.5, 0.6) is 0 Å². The zero-order valence-electron chi connectivity index (χ0n) is 20.4. The molecule has 34 heavy (non-hydrogen) atoms. The molecule has 1 atom stereocenters. The predicted molar refractivity (Wildman–Crippen MR) is 138 cm³/mol. The molecule has 1 fully saturated rings. The number of aromatic amines is 2. The summed E-state index contributed by atoms with van der Waals surface area (Å²) in [6, 6.07) is 17.8. The van der Waals surface area contributed by atoms with E-state index in [0.717, 1.165) is 60.2 Å². The van der Waals surface area contributed by atoms with Crippen LogP contribution < -0.4 is 0 Å². The highest BCUT2D eigenvalue weighted by Crippen LogP contribution is 2.31. The summed E-state index contributed by atoms with van der Waals surface area (Å²) in [5.41, 5.74) is 6.87. The smallest absolute Gasteiger partial charge is 0.123 e. The van der Waals surface area contributed by atoms with Gasteiger partial charge in [0.25, 0.3) is 0 Å². The minimum Gasteiger partial charge on any atom is -0.341 e. The first-order valence-electron chi connectivity index (χ1n) is 12.3. The lowest BCUT2D eigenvalue weighted by Crippen LogP contribution is -2.19. The molecule has 2 aromatic heterocycles. The first kappa shape index (κ1) is 22.6. The first-order chi connectivity index (χ1) is 16.6. The van der Waals surface area contributed by atoms with E-state index in [4.69, 9.17) is 0 Å². The quantitative estimate of drug-likeness (QED) is 0.356. The molecule has 3 heterocycles. The van der Waals surface area contributed by atoms with Crippen molar-refractivity contribution < 1.29 is 0 Å². The second kappa shape index (κ2) is 9.95. The summed E-state index contributed by atoms with van der Waals surface area (Å²) < 4.78 is 0. The number of likely N-dealkylation sites (tertiary alicyclic amines) is 1. The Morgan fingerprint density at radius 3 is 2.06 bits per heavy atom. The Hall–Kier alpha value is -3.22. The normalized spacial score (nSPS) is 16.5. The molecule has 0 aliphatic carbocycles. The summed E-state index contributed by atoms with van der Waals surface area (Å²) in [6.07, 6.45) is 7.45. The molecule has 0 bridgehead atoms. The number of imidazole rings is 2. The van der Waals surface area contributed by atoms with Crippen LogP contribution in [0.3, 0.4) is 0 Å². The molecule has 0 amide bonds. The standard InChI is InChI=1S/C28H34N6/c1-4-15-33(2)19-27-29-17-24(31-27)22-11-7-20(8-12-22)21-9-13-23(14-10-21)25-18-30-28(32-25)26-6-5-16-34(26)3/h7-14,17-18,26H,4-6,15-16,19H2,1-3H3,(H,29,31)(H,30,32)/t26-/m0/s1. The third-order valence-electron chi connectivity index (χ3n) is 6.81. The molecule has 4 aromatic rings. The number of nitrogens with one attached hydrogen (secondary N) is 2. The van der Waals surface area contributed by atoms with E-state index < -0.39 is 0 Å². The van der Waals surface area contributed by atoms with Crippen LogP contribution in [-0.4, -0.2) is 56.9 Å². The Kier molecular flexibility index (Phi) is 6.61. The average molecular weight is 455 g/mol. The van der Waals surface area contributed by atoms with Crippen LogP contribution in [-0.2, 0) is 6.54 Å². The number of rotatable bonds is 8. The highest BCUT2D eigenvalue weighted by atomic mass is 15.2. The van der Waals surface area contributed by atoms with Crippen molar-refractivity contribution in [3.63, 3.8) is 0 Å². The topological polar surface area (TPSA) is 63.8 Å². The van der Waals surface area contributed by atoms with Gasteiger partial charge in [-0.15, -0.1) is 0 Å². The van der Waals surface area contributed by atoms with Gasteiger partial charge in [-0.3, -0.25) is 9.80 Å². The zero-order valence-corrected chi connectivity index (χ0v) is 20.4. The molecule has 0 radical (unpaired) electrons. The summed E-state index contributed by atoms with van der Waals surface area (Å²) in [6.45, 7) is 5.25. The molecule has 1 saturated heterocycles. The maximum absolute atomic E-state index is 4.66. The van der Waals surface area contributed by atoms with Crippen molar-refractivity contribution >= 4 is 0 Å². The van der Waals surface area contributed by atoms with Crippen molar-refractivity contribution in [2.24, 2.45) is 0 Å². The van der Waals surface area contributed by atoms with E-state index in [1.165, 1.54) is 24.0 Å². The molecule has 1 aliphatic rings. The highest BCUT2D eigenvalue weighted by molar-refractivity contribution is 5.71. The van der Waals surface area contributed by atoms with Crippen LogP contribution >= 0.6 is 0 Å². The van der Waals surface area contributed by atoms with Gasteiger partial charge >= 0.3 is 0 Å². The lowest BCUT2D eigenvalue weighted by Gasteiger charge is -2.16. The van der Waals surface area contributed by atoms with Gasteiger partial charge in [-0.2, -0.15) is 0 Å². The maximum atomic E-state index is 4.66. The fourth-order valence-corrected chi connectivity index (χ4v) is 4.90. The molecule has 6 nitrogen and oxygen atoms in total. The van der Waals surface area contributed by atoms with Crippen molar-refractivity contribution in [3.8, 4) is 33.6 Å². The third kappa shape index (κ3) is 4.83. The fourth-order valence-electron chi connectivity index (χ4n) is 4.90.